The molecule has 0 aliphatic carbocycles. The standard InChI is InChI=1S/C22H17N3O3S/c1-28-17-8-6-14(7-9-17)20(26)24-19-13-16-5-3-2-4-15(16)12-18(19)21(27)25-22-23-10-11-29-22/h2-13H,1H3,(H,24,26)(H,23,25,27). The van der Waals surface area contributed by atoms with Crippen molar-refractivity contribution in [2.75, 3.05) is 17.7 Å². The van der Waals surface area contributed by atoms with Crippen LogP contribution in [0.3, 0.4) is 0 Å². The van der Waals surface area contributed by atoms with E-state index in [1.54, 1.807) is 55.1 Å². The zero-order chi connectivity index (χ0) is 20.2. The van der Waals surface area contributed by atoms with Gasteiger partial charge in [-0.2, -0.15) is 0 Å². The Labute approximate surface area is 171 Å². The predicted octanol–water partition coefficient (Wildman–Crippen LogP) is 4.81. The average molecular weight is 403 g/mol. The highest BCUT2D eigenvalue weighted by Crippen LogP contribution is 2.26. The van der Waals surface area contributed by atoms with E-state index in [1.807, 2.05) is 24.3 Å². The molecule has 6 nitrogen and oxygen atoms in total. The molecule has 0 fully saturated rings. The summed E-state index contributed by atoms with van der Waals surface area (Å²) in [5.74, 6) is 0.0118. The van der Waals surface area contributed by atoms with E-state index >= 15 is 0 Å². The van der Waals surface area contributed by atoms with Crippen LogP contribution >= 0.6 is 11.3 Å². The Morgan fingerprint density at radius 3 is 2.31 bits per heavy atom. The molecule has 0 spiro atoms. The molecule has 0 radical (unpaired) electrons. The third-order valence-electron chi connectivity index (χ3n) is 4.38. The summed E-state index contributed by atoms with van der Waals surface area (Å²) in [6, 6.07) is 18.0. The first-order valence-electron chi connectivity index (χ1n) is 8.83. The van der Waals surface area contributed by atoms with Gasteiger partial charge in [-0.3, -0.25) is 14.9 Å². The number of thiazole rings is 1. The molecule has 0 saturated heterocycles. The molecule has 4 rings (SSSR count). The summed E-state index contributed by atoms with van der Waals surface area (Å²) < 4.78 is 5.13. The van der Waals surface area contributed by atoms with E-state index in [2.05, 4.69) is 15.6 Å². The fourth-order valence-electron chi connectivity index (χ4n) is 2.92. The van der Waals surface area contributed by atoms with Crippen LogP contribution < -0.4 is 15.4 Å². The maximum atomic E-state index is 12.9. The van der Waals surface area contributed by atoms with Crippen molar-refractivity contribution in [2.45, 2.75) is 0 Å². The number of rotatable bonds is 5. The normalized spacial score (nSPS) is 10.5. The summed E-state index contributed by atoms with van der Waals surface area (Å²) in [4.78, 5) is 29.7. The molecule has 1 heterocycles. The number of benzene rings is 3. The smallest absolute Gasteiger partial charge is 0.259 e. The first-order chi connectivity index (χ1) is 14.1. The summed E-state index contributed by atoms with van der Waals surface area (Å²) in [7, 11) is 1.57. The lowest BCUT2D eigenvalue weighted by Crippen LogP contribution is -2.18. The molecule has 2 amide bonds. The molecule has 144 valence electrons. The molecule has 0 bridgehead atoms. The van der Waals surface area contributed by atoms with Crippen LogP contribution in [0.25, 0.3) is 10.8 Å². The van der Waals surface area contributed by atoms with Crippen LogP contribution in [-0.4, -0.2) is 23.9 Å². The molecule has 3 aromatic carbocycles. The van der Waals surface area contributed by atoms with Crippen molar-refractivity contribution in [3.63, 3.8) is 0 Å². The van der Waals surface area contributed by atoms with E-state index in [-0.39, 0.29) is 11.8 Å². The lowest BCUT2D eigenvalue weighted by atomic mass is 10.0. The third kappa shape index (κ3) is 4.09. The van der Waals surface area contributed by atoms with Crippen molar-refractivity contribution >= 4 is 44.7 Å². The lowest BCUT2D eigenvalue weighted by Gasteiger charge is -2.13. The Hall–Kier alpha value is -3.71. The number of hydrogen-bond donors (Lipinski definition) is 2. The number of fused-ring (bicyclic) bond motifs is 1. The van der Waals surface area contributed by atoms with Gasteiger partial charge in [0.05, 0.1) is 18.4 Å². The number of anilines is 2. The van der Waals surface area contributed by atoms with Crippen LogP contribution in [0, 0.1) is 0 Å². The van der Waals surface area contributed by atoms with Gasteiger partial charge >= 0.3 is 0 Å². The van der Waals surface area contributed by atoms with Gasteiger partial charge in [0, 0.05) is 17.1 Å². The Kier molecular flexibility index (Phi) is 5.22. The van der Waals surface area contributed by atoms with E-state index in [0.29, 0.717) is 27.7 Å². The predicted molar refractivity (Wildman–Crippen MR) is 115 cm³/mol. The van der Waals surface area contributed by atoms with Gasteiger partial charge in [0.25, 0.3) is 11.8 Å². The van der Waals surface area contributed by atoms with Gasteiger partial charge in [0.15, 0.2) is 5.13 Å². The maximum Gasteiger partial charge on any atom is 0.259 e. The second-order valence-electron chi connectivity index (χ2n) is 6.22. The number of amides is 2. The van der Waals surface area contributed by atoms with Crippen LogP contribution in [0.4, 0.5) is 10.8 Å². The van der Waals surface area contributed by atoms with E-state index in [1.165, 1.54) is 11.3 Å². The van der Waals surface area contributed by atoms with Gasteiger partial charge in [-0.15, -0.1) is 11.3 Å². The first-order valence-corrected chi connectivity index (χ1v) is 9.71. The number of ether oxygens (including phenoxy) is 1. The lowest BCUT2D eigenvalue weighted by molar-refractivity contribution is 0.102. The molecular weight excluding hydrogens is 386 g/mol. The van der Waals surface area contributed by atoms with Crippen LogP contribution in [0.1, 0.15) is 20.7 Å². The third-order valence-corrected chi connectivity index (χ3v) is 5.07. The molecule has 0 atom stereocenters. The highest BCUT2D eigenvalue weighted by atomic mass is 32.1. The largest absolute Gasteiger partial charge is 0.497 e. The van der Waals surface area contributed by atoms with Gasteiger partial charge in [0.2, 0.25) is 0 Å². The van der Waals surface area contributed by atoms with E-state index in [9.17, 15) is 9.59 Å². The Balaban J connectivity index is 1.68. The Morgan fingerprint density at radius 2 is 1.66 bits per heavy atom. The SMILES string of the molecule is COc1ccc(C(=O)Nc2cc3ccccc3cc2C(=O)Nc2nccs2)cc1. The quantitative estimate of drug-likeness (QED) is 0.501. The van der Waals surface area contributed by atoms with Crippen molar-refractivity contribution in [3.8, 4) is 5.75 Å². The number of hydrogen-bond acceptors (Lipinski definition) is 5. The Morgan fingerprint density at radius 1 is 0.931 bits per heavy atom. The number of carbonyl (C=O) groups excluding carboxylic acids is 2. The number of nitrogens with one attached hydrogen (secondary N) is 2. The molecule has 0 unspecified atom stereocenters. The Bertz CT molecular complexity index is 1170. The number of nitrogens with zero attached hydrogens (tertiary/aromatic N) is 1. The van der Waals surface area contributed by atoms with Crippen molar-refractivity contribution in [3.05, 3.63) is 83.4 Å². The first kappa shape index (κ1) is 18.6. The van der Waals surface area contributed by atoms with Gasteiger partial charge in [-0.1, -0.05) is 24.3 Å². The summed E-state index contributed by atoms with van der Waals surface area (Å²) in [6.07, 6.45) is 1.62. The fraction of sp³-hybridized carbons (Fsp3) is 0.0455. The second-order valence-corrected chi connectivity index (χ2v) is 7.11. The average Bonchev–Trinajstić information content (AvgIpc) is 3.26. The van der Waals surface area contributed by atoms with Gasteiger partial charge in [-0.05, 0) is 47.2 Å². The minimum atomic E-state index is -0.337. The monoisotopic (exact) mass is 403 g/mol. The molecule has 4 aromatic rings. The number of methoxy groups -OCH3 is 1. The molecule has 2 N–H and O–H groups in total. The molecule has 0 aliphatic heterocycles. The van der Waals surface area contributed by atoms with Crippen LogP contribution in [0.15, 0.2) is 72.2 Å². The van der Waals surface area contributed by atoms with Crippen LogP contribution in [0.5, 0.6) is 5.75 Å². The highest BCUT2D eigenvalue weighted by molar-refractivity contribution is 7.13. The molecule has 0 aliphatic rings. The number of aromatic nitrogens is 1. The van der Waals surface area contributed by atoms with Gasteiger partial charge in [0.1, 0.15) is 5.75 Å². The van der Waals surface area contributed by atoms with E-state index < -0.39 is 0 Å². The molecule has 7 heteroatoms. The summed E-state index contributed by atoms with van der Waals surface area (Å²) >= 11 is 1.33. The maximum absolute atomic E-state index is 12.9. The van der Waals surface area contributed by atoms with Crippen molar-refractivity contribution in [2.24, 2.45) is 0 Å². The number of carbonyl (C=O) groups is 2. The van der Waals surface area contributed by atoms with E-state index in [4.69, 9.17) is 4.74 Å². The highest BCUT2D eigenvalue weighted by Gasteiger charge is 2.17. The molecule has 1 aromatic heterocycles. The minimum Gasteiger partial charge on any atom is -0.497 e. The van der Waals surface area contributed by atoms with Crippen molar-refractivity contribution < 1.29 is 14.3 Å². The molecular formula is C22H17N3O3S. The van der Waals surface area contributed by atoms with E-state index in [0.717, 1.165) is 10.8 Å². The van der Waals surface area contributed by atoms with Crippen LogP contribution in [-0.2, 0) is 0 Å². The molecule has 29 heavy (non-hydrogen) atoms. The minimum absolute atomic E-state index is 0.314. The summed E-state index contributed by atoms with van der Waals surface area (Å²) in [5, 5.41) is 9.73. The zero-order valence-electron chi connectivity index (χ0n) is 15.5. The zero-order valence-corrected chi connectivity index (χ0v) is 16.3. The van der Waals surface area contributed by atoms with Crippen molar-refractivity contribution in [1.82, 2.24) is 4.98 Å². The summed E-state index contributed by atoms with van der Waals surface area (Å²) in [6.45, 7) is 0. The van der Waals surface area contributed by atoms with Crippen molar-refractivity contribution in [1.29, 1.82) is 0 Å². The van der Waals surface area contributed by atoms with Gasteiger partial charge in [-0.25, -0.2) is 4.98 Å². The van der Waals surface area contributed by atoms with Gasteiger partial charge < -0.3 is 10.1 Å². The fourth-order valence-corrected chi connectivity index (χ4v) is 3.44. The molecule has 0 saturated carbocycles. The second kappa shape index (κ2) is 8.12. The summed E-state index contributed by atoms with van der Waals surface area (Å²) in [5.41, 5.74) is 1.25. The van der Waals surface area contributed by atoms with Crippen LogP contribution in [0.2, 0.25) is 0 Å². The topological polar surface area (TPSA) is 80.3 Å².